The highest BCUT2D eigenvalue weighted by Gasteiger charge is 2.30. The molecule has 1 aromatic heterocycles. The second-order valence-corrected chi connectivity index (χ2v) is 6.60. The first kappa shape index (κ1) is 20.0. The highest BCUT2D eigenvalue weighted by atomic mass is 19.1. The van der Waals surface area contributed by atoms with Crippen molar-refractivity contribution in [2.24, 2.45) is 0 Å². The van der Waals surface area contributed by atoms with E-state index in [1.54, 1.807) is 30.0 Å². The van der Waals surface area contributed by atoms with Crippen LogP contribution in [-0.2, 0) is 27.1 Å². The number of ether oxygens (including phenoxy) is 2. The molecule has 0 N–H and O–H groups in total. The van der Waals surface area contributed by atoms with E-state index in [1.807, 2.05) is 0 Å². The molecule has 1 aliphatic carbocycles. The molecular formula is C20H24FN3O4. The third-order valence-corrected chi connectivity index (χ3v) is 4.88. The summed E-state index contributed by atoms with van der Waals surface area (Å²) in [6.07, 6.45) is 2.44. The fourth-order valence-corrected chi connectivity index (χ4v) is 3.43. The molecule has 1 amide bonds. The van der Waals surface area contributed by atoms with Gasteiger partial charge in [-0.1, -0.05) is 12.1 Å². The van der Waals surface area contributed by atoms with Gasteiger partial charge in [0, 0.05) is 31.5 Å². The Morgan fingerprint density at radius 2 is 2.00 bits per heavy atom. The largest absolute Gasteiger partial charge is 0.469 e. The molecule has 8 heteroatoms. The van der Waals surface area contributed by atoms with Crippen LogP contribution in [0.15, 0.2) is 24.3 Å². The number of aromatic nitrogens is 2. The van der Waals surface area contributed by atoms with Crippen LogP contribution in [0, 0.1) is 5.82 Å². The SMILES string of the molecule is COCCN(CCC(=O)OC)C(=O)c1nn(-c2ccccc2F)c2c1CCC2. The number of rotatable bonds is 8. The third kappa shape index (κ3) is 4.06. The summed E-state index contributed by atoms with van der Waals surface area (Å²) < 4.78 is 25.6. The minimum Gasteiger partial charge on any atom is -0.469 e. The molecular weight excluding hydrogens is 365 g/mol. The number of para-hydroxylation sites is 1. The van der Waals surface area contributed by atoms with Gasteiger partial charge in [-0.05, 0) is 31.4 Å². The van der Waals surface area contributed by atoms with E-state index in [9.17, 15) is 14.0 Å². The predicted molar refractivity (Wildman–Crippen MR) is 100.0 cm³/mol. The summed E-state index contributed by atoms with van der Waals surface area (Å²) >= 11 is 0. The molecule has 0 atom stereocenters. The number of fused-ring (bicyclic) bond motifs is 1. The van der Waals surface area contributed by atoms with Gasteiger partial charge >= 0.3 is 5.97 Å². The van der Waals surface area contributed by atoms with Crippen LogP contribution < -0.4 is 0 Å². The zero-order chi connectivity index (χ0) is 20.1. The normalized spacial score (nSPS) is 12.7. The molecule has 0 fully saturated rings. The van der Waals surface area contributed by atoms with Crippen molar-refractivity contribution in [3.8, 4) is 5.69 Å². The molecule has 0 radical (unpaired) electrons. The second-order valence-electron chi connectivity index (χ2n) is 6.60. The minimum absolute atomic E-state index is 0.0855. The molecule has 0 aliphatic heterocycles. The van der Waals surface area contributed by atoms with E-state index in [0.717, 1.165) is 30.5 Å². The molecule has 3 rings (SSSR count). The molecule has 1 aromatic carbocycles. The number of nitrogens with zero attached hydrogens (tertiary/aromatic N) is 3. The molecule has 0 unspecified atom stereocenters. The first-order chi connectivity index (χ1) is 13.6. The number of halogens is 1. The quantitative estimate of drug-likeness (QED) is 0.647. The first-order valence-corrected chi connectivity index (χ1v) is 9.27. The minimum atomic E-state index is -0.391. The fourth-order valence-electron chi connectivity index (χ4n) is 3.43. The van der Waals surface area contributed by atoms with Crippen molar-refractivity contribution in [1.29, 1.82) is 0 Å². The van der Waals surface area contributed by atoms with Crippen molar-refractivity contribution < 1.29 is 23.5 Å². The van der Waals surface area contributed by atoms with Crippen molar-refractivity contribution in [3.63, 3.8) is 0 Å². The lowest BCUT2D eigenvalue weighted by Gasteiger charge is -2.21. The van der Waals surface area contributed by atoms with Crippen molar-refractivity contribution in [3.05, 3.63) is 47.0 Å². The predicted octanol–water partition coefficient (Wildman–Crippen LogP) is 2.15. The summed E-state index contributed by atoms with van der Waals surface area (Å²) in [5, 5.41) is 4.47. The number of carbonyl (C=O) groups is 2. The van der Waals surface area contributed by atoms with Crippen LogP contribution in [0.25, 0.3) is 5.69 Å². The third-order valence-electron chi connectivity index (χ3n) is 4.88. The number of amides is 1. The molecule has 1 heterocycles. The van der Waals surface area contributed by atoms with Gasteiger partial charge in [-0.15, -0.1) is 0 Å². The average molecular weight is 389 g/mol. The summed E-state index contributed by atoms with van der Waals surface area (Å²) in [5.74, 6) is -1.06. The van der Waals surface area contributed by atoms with Crippen molar-refractivity contribution in [2.45, 2.75) is 25.7 Å². The van der Waals surface area contributed by atoms with E-state index in [-0.39, 0.29) is 24.7 Å². The van der Waals surface area contributed by atoms with Gasteiger partial charge < -0.3 is 14.4 Å². The monoisotopic (exact) mass is 389 g/mol. The number of benzene rings is 1. The Morgan fingerprint density at radius 3 is 2.71 bits per heavy atom. The maximum absolute atomic E-state index is 14.3. The van der Waals surface area contributed by atoms with E-state index < -0.39 is 5.97 Å². The van der Waals surface area contributed by atoms with Gasteiger partial charge in [0.05, 0.1) is 20.1 Å². The van der Waals surface area contributed by atoms with E-state index in [4.69, 9.17) is 4.74 Å². The number of hydrogen-bond acceptors (Lipinski definition) is 5. The van der Waals surface area contributed by atoms with Crippen LogP contribution in [0.5, 0.6) is 0 Å². The van der Waals surface area contributed by atoms with Gasteiger partial charge in [0.2, 0.25) is 0 Å². The van der Waals surface area contributed by atoms with Crippen LogP contribution in [0.1, 0.15) is 34.6 Å². The highest BCUT2D eigenvalue weighted by Crippen LogP contribution is 2.29. The standard InChI is InChI=1S/C20H24FN3O4/c1-27-13-12-23(11-10-18(25)28-2)20(26)19-14-6-5-9-16(14)24(22-19)17-8-4-3-7-15(17)21/h3-4,7-8H,5-6,9-13H2,1-2H3. The van der Waals surface area contributed by atoms with E-state index in [1.165, 1.54) is 18.1 Å². The smallest absolute Gasteiger partial charge is 0.307 e. The van der Waals surface area contributed by atoms with Crippen molar-refractivity contribution >= 4 is 11.9 Å². The lowest BCUT2D eigenvalue weighted by Crippen LogP contribution is -2.36. The van der Waals surface area contributed by atoms with Gasteiger partial charge in [-0.2, -0.15) is 5.10 Å². The summed E-state index contributed by atoms with van der Waals surface area (Å²) in [6, 6.07) is 6.38. The summed E-state index contributed by atoms with van der Waals surface area (Å²) in [6.45, 7) is 0.868. The van der Waals surface area contributed by atoms with Crippen molar-refractivity contribution in [1.82, 2.24) is 14.7 Å². The topological polar surface area (TPSA) is 73.7 Å². The van der Waals surface area contributed by atoms with Crippen LogP contribution in [-0.4, -0.2) is 60.5 Å². The number of hydrogen-bond donors (Lipinski definition) is 0. The van der Waals surface area contributed by atoms with Gasteiger partial charge in [0.1, 0.15) is 11.5 Å². The Labute approximate surface area is 163 Å². The van der Waals surface area contributed by atoms with Gasteiger partial charge in [-0.25, -0.2) is 9.07 Å². The Bertz CT molecular complexity index is 865. The summed E-state index contributed by atoms with van der Waals surface area (Å²) in [7, 11) is 2.86. The van der Waals surface area contributed by atoms with E-state index in [0.29, 0.717) is 24.5 Å². The first-order valence-electron chi connectivity index (χ1n) is 9.27. The number of methoxy groups -OCH3 is 2. The number of esters is 1. The zero-order valence-corrected chi connectivity index (χ0v) is 16.1. The highest BCUT2D eigenvalue weighted by molar-refractivity contribution is 5.94. The molecule has 0 saturated heterocycles. The van der Waals surface area contributed by atoms with E-state index in [2.05, 4.69) is 9.84 Å². The molecule has 28 heavy (non-hydrogen) atoms. The average Bonchev–Trinajstić information content (AvgIpc) is 3.30. The van der Waals surface area contributed by atoms with Crippen LogP contribution in [0.3, 0.4) is 0 Å². The van der Waals surface area contributed by atoms with Gasteiger partial charge in [0.25, 0.3) is 5.91 Å². The molecule has 7 nitrogen and oxygen atoms in total. The van der Waals surface area contributed by atoms with Crippen LogP contribution >= 0.6 is 0 Å². The lowest BCUT2D eigenvalue weighted by atomic mass is 10.1. The summed E-state index contributed by atoms with van der Waals surface area (Å²) in [5.41, 5.74) is 2.37. The molecule has 0 spiro atoms. The molecule has 0 bridgehead atoms. The zero-order valence-electron chi connectivity index (χ0n) is 16.1. The van der Waals surface area contributed by atoms with Crippen molar-refractivity contribution in [2.75, 3.05) is 33.9 Å². The Balaban J connectivity index is 1.92. The molecule has 2 aromatic rings. The molecule has 1 aliphatic rings. The van der Waals surface area contributed by atoms with Crippen LogP contribution in [0.2, 0.25) is 0 Å². The maximum atomic E-state index is 14.3. The summed E-state index contributed by atoms with van der Waals surface area (Å²) in [4.78, 5) is 26.2. The Kier molecular flexibility index (Phi) is 6.41. The fraction of sp³-hybridized carbons (Fsp3) is 0.450. The number of carbonyl (C=O) groups excluding carboxylic acids is 2. The van der Waals surface area contributed by atoms with E-state index >= 15 is 0 Å². The van der Waals surface area contributed by atoms with Gasteiger partial charge in [0.15, 0.2) is 5.69 Å². The second kappa shape index (κ2) is 8.97. The molecule has 0 saturated carbocycles. The van der Waals surface area contributed by atoms with Crippen LogP contribution in [0.4, 0.5) is 4.39 Å². The molecule has 150 valence electrons. The Morgan fingerprint density at radius 1 is 1.21 bits per heavy atom. The Hall–Kier alpha value is -2.74. The maximum Gasteiger partial charge on any atom is 0.307 e. The van der Waals surface area contributed by atoms with Gasteiger partial charge in [-0.3, -0.25) is 9.59 Å². The lowest BCUT2D eigenvalue weighted by molar-refractivity contribution is -0.140.